The first-order valence-electron chi connectivity index (χ1n) is 11.0. The molecule has 1 aromatic rings. The van der Waals surface area contributed by atoms with Crippen LogP contribution in [0.4, 0.5) is 4.79 Å². The fraction of sp³-hybridized carbons (Fsp3) is 0.591. The van der Waals surface area contributed by atoms with Crippen LogP contribution in [-0.4, -0.2) is 85.0 Å². The molecular weight excluding hydrogens is 507 g/mol. The molecule has 0 spiro atoms. The van der Waals surface area contributed by atoms with E-state index in [1.165, 1.54) is 29.8 Å². The minimum Gasteiger partial charge on any atom is -0.354 e. The Bertz CT molecular complexity index is 773. The molecule has 3 heterocycles. The number of fused-ring (bicyclic) bond motifs is 1. The number of rotatable bonds is 5. The fourth-order valence-electron chi connectivity index (χ4n) is 5.01. The number of hydrogen-bond acceptors (Lipinski definition) is 4. The Morgan fingerprint density at radius 3 is 2.71 bits per heavy atom. The summed E-state index contributed by atoms with van der Waals surface area (Å²) in [4.78, 5) is 34.1. The number of urea groups is 1. The van der Waals surface area contributed by atoms with E-state index in [0.717, 1.165) is 32.0 Å². The Labute approximate surface area is 201 Å². The second-order valence-electron chi connectivity index (χ2n) is 8.34. The van der Waals surface area contributed by atoms with Crippen molar-refractivity contribution in [1.29, 1.82) is 0 Å². The van der Waals surface area contributed by atoms with Gasteiger partial charge in [-0.25, -0.2) is 4.79 Å². The van der Waals surface area contributed by atoms with E-state index in [9.17, 15) is 9.59 Å². The maximum atomic E-state index is 11.7. The van der Waals surface area contributed by atoms with E-state index >= 15 is 0 Å². The van der Waals surface area contributed by atoms with Gasteiger partial charge in [0, 0.05) is 45.8 Å². The van der Waals surface area contributed by atoms with Gasteiger partial charge in [-0.05, 0) is 37.3 Å². The van der Waals surface area contributed by atoms with Crippen LogP contribution >= 0.6 is 24.0 Å². The molecule has 8 nitrogen and oxygen atoms in total. The summed E-state index contributed by atoms with van der Waals surface area (Å²) in [5.41, 5.74) is 1.39. The molecule has 0 bridgehead atoms. The maximum Gasteiger partial charge on any atom is 0.324 e. The monoisotopic (exact) mass is 540 g/mol. The van der Waals surface area contributed by atoms with Crippen LogP contribution in [-0.2, 0) is 11.3 Å². The van der Waals surface area contributed by atoms with Gasteiger partial charge in [-0.1, -0.05) is 30.3 Å². The number of guanidine groups is 1. The summed E-state index contributed by atoms with van der Waals surface area (Å²) in [5.74, 6) is 1.33. The first kappa shape index (κ1) is 23.8. The van der Waals surface area contributed by atoms with E-state index < -0.39 is 0 Å². The third-order valence-electron chi connectivity index (χ3n) is 6.48. The van der Waals surface area contributed by atoms with Crippen molar-refractivity contribution in [3.63, 3.8) is 0 Å². The molecular formula is C22H33IN6O2. The predicted octanol–water partition coefficient (Wildman–Crippen LogP) is 1.72. The van der Waals surface area contributed by atoms with Crippen LogP contribution in [0.15, 0.2) is 35.3 Å². The lowest BCUT2D eigenvalue weighted by molar-refractivity contribution is -0.124. The molecule has 0 aliphatic carbocycles. The third-order valence-corrected chi connectivity index (χ3v) is 6.48. The van der Waals surface area contributed by atoms with E-state index in [0.29, 0.717) is 25.0 Å². The minimum absolute atomic E-state index is 0. The molecule has 2 N–H and O–H groups in total. The highest BCUT2D eigenvalue weighted by Crippen LogP contribution is 2.31. The smallest absolute Gasteiger partial charge is 0.324 e. The van der Waals surface area contributed by atoms with Crippen molar-refractivity contribution in [2.75, 3.05) is 46.3 Å². The van der Waals surface area contributed by atoms with Gasteiger partial charge in [0.05, 0.1) is 6.54 Å². The highest BCUT2D eigenvalue weighted by atomic mass is 127. The lowest BCUT2D eigenvalue weighted by Gasteiger charge is -2.48. The quantitative estimate of drug-likeness (QED) is 0.258. The SMILES string of the molecule is CN=C(NCCN1C(=O)CNC1=O)N1CCC2C(CCCN2Cc2ccccc2)C1.I. The van der Waals surface area contributed by atoms with Crippen LogP contribution in [0.3, 0.4) is 0 Å². The van der Waals surface area contributed by atoms with Gasteiger partial charge in [0.25, 0.3) is 0 Å². The standard InChI is InChI=1S/C22H32N6O2.HI/c1-23-21(24-10-13-28-20(29)14-25-22(28)30)27-12-9-19-18(16-27)8-5-11-26(19)15-17-6-3-2-4-7-17;/h2-4,6-7,18-19H,5,8-16H2,1H3,(H,23,24)(H,25,30);1H. The van der Waals surface area contributed by atoms with Crippen LogP contribution in [0.5, 0.6) is 0 Å². The number of imide groups is 1. The van der Waals surface area contributed by atoms with Gasteiger partial charge < -0.3 is 15.5 Å². The van der Waals surface area contributed by atoms with Crippen LogP contribution in [0, 0.1) is 5.92 Å². The van der Waals surface area contributed by atoms with Crippen molar-refractivity contribution in [3.05, 3.63) is 35.9 Å². The third kappa shape index (κ3) is 5.68. The van der Waals surface area contributed by atoms with Crippen molar-refractivity contribution in [1.82, 2.24) is 25.3 Å². The summed E-state index contributed by atoms with van der Waals surface area (Å²) >= 11 is 0. The molecule has 4 rings (SSSR count). The number of benzene rings is 1. The number of halogens is 1. The fourth-order valence-corrected chi connectivity index (χ4v) is 5.01. The first-order chi connectivity index (χ1) is 14.7. The number of likely N-dealkylation sites (tertiary alicyclic amines) is 2. The van der Waals surface area contributed by atoms with Crippen molar-refractivity contribution < 1.29 is 9.59 Å². The Kier molecular flexibility index (Phi) is 8.53. The Hall–Kier alpha value is -1.88. The van der Waals surface area contributed by atoms with Crippen molar-refractivity contribution >= 4 is 41.9 Å². The molecule has 3 aliphatic rings. The van der Waals surface area contributed by atoms with E-state index in [-0.39, 0.29) is 42.5 Å². The number of nitrogens with one attached hydrogen (secondary N) is 2. The molecule has 9 heteroatoms. The summed E-state index contributed by atoms with van der Waals surface area (Å²) in [6, 6.07) is 11.1. The average Bonchev–Trinajstić information content (AvgIpc) is 3.09. The van der Waals surface area contributed by atoms with Crippen LogP contribution < -0.4 is 10.6 Å². The first-order valence-corrected chi connectivity index (χ1v) is 11.0. The lowest BCUT2D eigenvalue weighted by Crippen LogP contribution is -2.57. The van der Waals surface area contributed by atoms with Crippen molar-refractivity contribution in [2.24, 2.45) is 10.9 Å². The zero-order valence-corrected chi connectivity index (χ0v) is 20.5. The topological polar surface area (TPSA) is 80.3 Å². The second-order valence-corrected chi connectivity index (χ2v) is 8.34. The maximum absolute atomic E-state index is 11.7. The number of aliphatic imine (C=N–C) groups is 1. The molecule has 0 aromatic heterocycles. The summed E-state index contributed by atoms with van der Waals surface area (Å²) in [5, 5.41) is 5.89. The minimum atomic E-state index is -0.307. The highest BCUT2D eigenvalue weighted by Gasteiger charge is 2.36. The summed E-state index contributed by atoms with van der Waals surface area (Å²) in [7, 11) is 1.80. The Balaban J connectivity index is 0.00000272. The Morgan fingerprint density at radius 2 is 2.00 bits per heavy atom. The number of hydrogen-bond donors (Lipinski definition) is 2. The zero-order valence-electron chi connectivity index (χ0n) is 18.1. The van der Waals surface area contributed by atoms with E-state index in [1.54, 1.807) is 7.05 Å². The molecule has 2 unspecified atom stereocenters. The molecule has 170 valence electrons. The molecule has 0 saturated carbocycles. The van der Waals surface area contributed by atoms with Gasteiger partial charge >= 0.3 is 6.03 Å². The molecule has 1 aromatic carbocycles. The van der Waals surface area contributed by atoms with Gasteiger partial charge in [0.2, 0.25) is 5.91 Å². The van der Waals surface area contributed by atoms with Gasteiger partial charge in [-0.3, -0.25) is 19.6 Å². The van der Waals surface area contributed by atoms with Gasteiger partial charge in [0.1, 0.15) is 0 Å². The number of piperidine rings is 2. The normalized spacial score (nSPS) is 24.5. The molecule has 3 fully saturated rings. The number of amides is 3. The van der Waals surface area contributed by atoms with Crippen LogP contribution in [0.25, 0.3) is 0 Å². The predicted molar refractivity (Wildman–Crippen MR) is 131 cm³/mol. The van der Waals surface area contributed by atoms with E-state index in [4.69, 9.17) is 0 Å². The number of carbonyl (C=O) groups excluding carboxylic acids is 2. The summed E-state index contributed by atoms with van der Waals surface area (Å²) in [6.45, 7) is 5.14. The molecule has 2 atom stereocenters. The number of nitrogens with zero attached hydrogens (tertiary/aromatic N) is 4. The van der Waals surface area contributed by atoms with Gasteiger partial charge in [0.15, 0.2) is 5.96 Å². The van der Waals surface area contributed by atoms with Crippen LogP contribution in [0.1, 0.15) is 24.8 Å². The molecule has 31 heavy (non-hydrogen) atoms. The van der Waals surface area contributed by atoms with Crippen molar-refractivity contribution in [2.45, 2.75) is 31.8 Å². The second kappa shape index (κ2) is 11.1. The zero-order chi connectivity index (χ0) is 20.9. The molecule has 3 aliphatic heterocycles. The molecule has 3 saturated heterocycles. The summed E-state index contributed by atoms with van der Waals surface area (Å²) < 4.78 is 0. The molecule has 3 amide bonds. The Morgan fingerprint density at radius 1 is 1.19 bits per heavy atom. The largest absolute Gasteiger partial charge is 0.354 e. The lowest BCUT2D eigenvalue weighted by atomic mass is 9.83. The summed E-state index contributed by atoms with van der Waals surface area (Å²) in [6.07, 6.45) is 3.62. The van der Waals surface area contributed by atoms with Gasteiger partial charge in [-0.2, -0.15) is 0 Å². The average molecular weight is 540 g/mol. The van der Waals surface area contributed by atoms with Gasteiger partial charge in [-0.15, -0.1) is 24.0 Å². The van der Waals surface area contributed by atoms with Crippen LogP contribution in [0.2, 0.25) is 0 Å². The van der Waals surface area contributed by atoms with Crippen molar-refractivity contribution in [3.8, 4) is 0 Å². The highest BCUT2D eigenvalue weighted by molar-refractivity contribution is 14.0. The number of carbonyl (C=O) groups is 2. The molecule has 0 radical (unpaired) electrons. The van der Waals surface area contributed by atoms with E-state index in [1.807, 2.05) is 0 Å². The van der Waals surface area contributed by atoms with E-state index in [2.05, 4.69) is 55.8 Å².